The molecule has 0 radical (unpaired) electrons. The highest BCUT2D eigenvalue weighted by molar-refractivity contribution is 7.92. The summed E-state index contributed by atoms with van der Waals surface area (Å²) in [6.07, 6.45) is 10.7. The van der Waals surface area contributed by atoms with Crippen LogP contribution in [0.2, 0.25) is 0 Å². The van der Waals surface area contributed by atoms with Crippen molar-refractivity contribution in [3.63, 3.8) is 0 Å². The molecular formula is C21H28N4O3S. The molecule has 2 aromatic rings. The molecule has 0 saturated heterocycles. The van der Waals surface area contributed by atoms with Crippen molar-refractivity contribution in [3.05, 3.63) is 42.7 Å². The SMILES string of the molecule is CCCCC1CCC(C(=O)Nc2ccc(S(=O)(=O)Nc3ncccn3)cc2)CC1. The van der Waals surface area contributed by atoms with E-state index in [0.29, 0.717) is 5.69 Å². The lowest BCUT2D eigenvalue weighted by Gasteiger charge is -2.27. The van der Waals surface area contributed by atoms with Crippen molar-refractivity contribution in [1.82, 2.24) is 9.97 Å². The smallest absolute Gasteiger partial charge is 0.264 e. The molecule has 0 bridgehead atoms. The van der Waals surface area contributed by atoms with Crippen LogP contribution in [0.3, 0.4) is 0 Å². The zero-order valence-electron chi connectivity index (χ0n) is 16.7. The van der Waals surface area contributed by atoms with Crippen LogP contribution in [0.4, 0.5) is 11.6 Å². The van der Waals surface area contributed by atoms with E-state index in [1.165, 1.54) is 43.8 Å². The minimum absolute atomic E-state index is 0.0134. The molecule has 1 aromatic heterocycles. The Bertz CT molecular complexity index is 893. The normalized spacial score (nSPS) is 19.5. The number of hydrogen-bond acceptors (Lipinski definition) is 5. The topological polar surface area (TPSA) is 101 Å². The van der Waals surface area contributed by atoms with Crippen LogP contribution in [0.25, 0.3) is 0 Å². The summed E-state index contributed by atoms with van der Waals surface area (Å²) < 4.78 is 27.1. The van der Waals surface area contributed by atoms with Gasteiger partial charge in [-0.3, -0.25) is 4.79 Å². The Morgan fingerprint density at radius 3 is 2.34 bits per heavy atom. The molecule has 0 aliphatic heterocycles. The van der Waals surface area contributed by atoms with Gasteiger partial charge >= 0.3 is 0 Å². The first-order valence-corrected chi connectivity index (χ1v) is 11.7. The molecule has 29 heavy (non-hydrogen) atoms. The maximum Gasteiger partial charge on any atom is 0.264 e. The summed E-state index contributed by atoms with van der Waals surface area (Å²) in [5.41, 5.74) is 0.595. The Labute approximate surface area is 172 Å². The molecule has 1 aliphatic carbocycles. The number of sulfonamides is 1. The Morgan fingerprint density at radius 2 is 1.72 bits per heavy atom. The average molecular weight is 417 g/mol. The molecule has 7 nitrogen and oxygen atoms in total. The van der Waals surface area contributed by atoms with E-state index in [1.54, 1.807) is 18.2 Å². The fourth-order valence-electron chi connectivity index (χ4n) is 3.70. The monoisotopic (exact) mass is 416 g/mol. The molecule has 1 aromatic carbocycles. The molecule has 0 spiro atoms. The van der Waals surface area contributed by atoms with E-state index in [9.17, 15) is 13.2 Å². The lowest BCUT2D eigenvalue weighted by atomic mass is 9.79. The van der Waals surface area contributed by atoms with E-state index >= 15 is 0 Å². The summed E-state index contributed by atoms with van der Waals surface area (Å²) in [5, 5.41) is 2.92. The number of unbranched alkanes of at least 4 members (excludes halogenated alkanes) is 1. The predicted molar refractivity (Wildman–Crippen MR) is 113 cm³/mol. The van der Waals surface area contributed by atoms with E-state index in [4.69, 9.17) is 0 Å². The maximum atomic E-state index is 12.6. The van der Waals surface area contributed by atoms with Crippen molar-refractivity contribution in [2.24, 2.45) is 11.8 Å². The van der Waals surface area contributed by atoms with Crippen LogP contribution in [-0.2, 0) is 14.8 Å². The van der Waals surface area contributed by atoms with Crippen molar-refractivity contribution < 1.29 is 13.2 Å². The predicted octanol–water partition coefficient (Wildman–Crippen LogP) is 4.21. The van der Waals surface area contributed by atoms with Crippen LogP contribution in [0, 0.1) is 11.8 Å². The Balaban J connectivity index is 1.54. The van der Waals surface area contributed by atoms with Crippen LogP contribution in [0.5, 0.6) is 0 Å². The van der Waals surface area contributed by atoms with Crippen LogP contribution in [0.15, 0.2) is 47.6 Å². The second kappa shape index (κ2) is 9.82. The van der Waals surface area contributed by atoms with Crippen molar-refractivity contribution in [2.45, 2.75) is 56.8 Å². The van der Waals surface area contributed by atoms with Gasteiger partial charge in [-0.25, -0.2) is 23.1 Å². The van der Waals surface area contributed by atoms with E-state index in [2.05, 4.69) is 26.9 Å². The summed E-state index contributed by atoms with van der Waals surface area (Å²) in [7, 11) is -3.78. The standard InChI is InChI=1S/C21H28N4O3S/c1-2-3-5-16-6-8-17(9-7-16)20(26)24-18-10-12-19(13-11-18)29(27,28)25-21-22-14-4-15-23-21/h4,10-17H,2-3,5-9H2,1H3,(H,24,26)(H,22,23,25). The number of carbonyl (C=O) groups is 1. The van der Waals surface area contributed by atoms with Gasteiger partial charge in [0.05, 0.1) is 4.90 Å². The Kier molecular flexibility index (Phi) is 7.19. The lowest BCUT2D eigenvalue weighted by Crippen LogP contribution is -2.27. The number of benzene rings is 1. The van der Waals surface area contributed by atoms with Gasteiger partial charge in [0.1, 0.15) is 0 Å². The molecule has 1 aliphatic rings. The lowest BCUT2D eigenvalue weighted by molar-refractivity contribution is -0.121. The van der Waals surface area contributed by atoms with Crippen LogP contribution in [0.1, 0.15) is 51.9 Å². The van der Waals surface area contributed by atoms with Gasteiger partial charge in [-0.1, -0.05) is 26.2 Å². The third kappa shape index (κ3) is 6.00. The van der Waals surface area contributed by atoms with Gasteiger partial charge in [-0.15, -0.1) is 0 Å². The van der Waals surface area contributed by atoms with E-state index < -0.39 is 10.0 Å². The summed E-state index contributed by atoms with van der Waals surface area (Å²) >= 11 is 0. The van der Waals surface area contributed by atoms with Gasteiger partial charge in [0.2, 0.25) is 11.9 Å². The highest BCUT2D eigenvalue weighted by Gasteiger charge is 2.26. The molecule has 0 unspecified atom stereocenters. The molecule has 156 valence electrons. The van der Waals surface area contributed by atoms with Gasteiger partial charge in [0.15, 0.2) is 0 Å². The van der Waals surface area contributed by atoms with Gasteiger partial charge in [-0.2, -0.15) is 0 Å². The van der Waals surface area contributed by atoms with Crippen molar-refractivity contribution >= 4 is 27.6 Å². The number of anilines is 2. The number of amides is 1. The van der Waals surface area contributed by atoms with Crippen molar-refractivity contribution in [1.29, 1.82) is 0 Å². The van der Waals surface area contributed by atoms with Crippen LogP contribution >= 0.6 is 0 Å². The molecule has 1 amide bonds. The maximum absolute atomic E-state index is 12.6. The molecule has 1 saturated carbocycles. The van der Waals surface area contributed by atoms with E-state index in [0.717, 1.165) is 31.6 Å². The fourth-order valence-corrected chi connectivity index (χ4v) is 4.66. The molecule has 0 atom stereocenters. The molecule has 1 heterocycles. The zero-order chi connectivity index (χ0) is 20.7. The largest absolute Gasteiger partial charge is 0.326 e. The molecule has 8 heteroatoms. The summed E-state index contributed by atoms with van der Waals surface area (Å²) in [4.78, 5) is 20.4. The number of hydrogen-bond donors (Lipinski definition) is 2. The van der Waals surface area contributed by atoms with Gasteiger partial charge < -0.3 is 5.32 Å². The number of carbonyl (C=O) groups excluding carboxylic acids is 1. The van der Waals surface area contributed by atoms with Crippen molar-refractivity contribution in [3.8, 4) is 0 Å². The van der Waals surface area contributed by atoms with E-state index in [1.807, 2.05) is 0 Å². The third-order valence-corrected chi connectivity index (χ3v) is 6.75. The zero-order valence-corrected chi connectivity index (χ0v) is 17.5. The van der Waals surface area contributed by atoms with Crippen LogP contribution < -0.4 is 10.0 Å². The number of aromatic nitrogens is 2. The van der Waals surface area contributed by atoms with Gasteiger partial charge in [-0.05, 0) is 61.9 Å². The fraction of sp³-hybridized carbons (Fsp3) is 0.476. The van der Waals surface area contributed by atoms with Gasteiger partial charge in [0.25, 0.3) is 10.0 Å². The quantitative estimate of drug-likeness (QED) is 0.671. The molecule has 2 N–H and O–H groups in total. The number of nitrogens with zero attached hydrogens (tertiary/aromatic N) is 2. The highest BCUT2D eigenvalue weighted by atomic mass is 32.2. The first-order chi connectivity index (χ1) is 14.0. The number of rotatable bonds is 8. The highest BCUT2D eigenvalue weighted by Crippen LogP contribution is 2.32. The first kappa shape index (κ1) is 21.2. The van der Waals surface area contributed by atoms with E-state index in [-0.39, 0.29) is 22.7 Å². The molecular weight excluding hydrogens is 388 g/mol. The third-order valence-electron chi connectivity index (χ3n) is 5.41. The minimum Gasteiger partial charge on any atom is -0.326 e. The minimum atomic E-state index is -3.78. The summed E-state index contributed by atoms with van der Waals surface area (Å²) in [6, 6.07) is 7.73. The Morgan fingerprint density at radius 1 is 1.07 bits per heavy atom. The average Bonchev–Trinajstić information content (AvgIpc) is 2.73. The molecule has 1 fully saturated rings. The Hall–Kier alpha value is -2.48. The summed E-state index contributed by atoms with van der Waals surface area (Å²) in [5.74, 6) is 0.822. The second-order valence-corrected chi connectivity index (χ2v) is 9.23. The number of nitrogens with one attached hydrogen (secondary N) is 2. The van der Waals surface area contributed by atoms with Gasteiger partial charge in [0, 0.05) is 24.0 Å². The van der Waals surface area contributed by atoms with Crippen LogP contribution in [-0.4, -0.2) is 24.3 Å². The molecule has 3 rings (SSSR count). The van der Waals surface area contributed by atoms with Crippen molar-refractivity contribution in [2.75, 3.05) is 10.0 Å². The first-order valence-electron chi connectivity index (χ1n) is 10.2. The summed E-state index contributed by atoms with van der Waals surface area (Å²) in [6.45, 7) is 2.21. The second-order valence-electron chi connectivity index (χ2n) is 7.55.